The molecule has 226 valence electrons. The molecule has 1 aromatic carbocycles. The van der Waals surface area contributed by atoms with Crippen LogP contribution in [-0.4, -0.2) is 68.4 Å². The van der Waals surface area contributed by atoms with Gasteiger partial charge in [0, 0.05) is 36.1 Å². The first-order valence-electron chi connectivity index (χ1n) is 14.7. The topological polar surface area (TPSA) is 132 Å². The Balaban J connectivity index is 1.37. The Morgan fingerprint density at radius 2 is 1.76 bits per heavy atom. The summed E-state index contributed by atoms with van der Waals surface area (Å²) in [7, 11) is 1.26. The zero-order valence-corrected chi connectivity index (χ0v) is 24.5. The molecule has 2 aliphatic heterocycles. The van der Waals surface area contributed by atoms with Gasteiger partial charge in [0.1, 0.15) is 12.1 Å². The van der Waals surface area contributed by atoms with Crippen LogP contribution in [0.25, 0.3) is 0 Å². The maximum Gasteiger partial charge on any atom is 0.407 e. The fourth-order valence-electron chi connectivity index (χ4n) is 6.26. The van der Waals surface area contributed by atoms with Crippen LogP contribution in [0.15, 0.2) is 24.3 Å². The number of carbonyl (C=O) groups is 4. The second-order valence-corrected chi connectivity index (χ2v) is 12.0. The fourth-order valence-corrected chi connectivity index (χ4v) is 6.38. The molecule has 10 nitrogen and oxygen atoms in total. The van der Waals surface area contributed by atoms with E-state index in [1.807, 2.05) is 12.1 Å². The first-order chi connectivity index (χ1) is 19.8. The number of rotatable bonds is 11. The van der Waals surface area contributed by atoms with Crippen LogP contribution in [0.1, 0.15) is 69.8 Å². The first kappa shape index (κ1) is 31.1. The van der Waals surface area contributed by atoms with E-state index in [-0.39, 0.29) is 30.4 Å². The summed E-state index contributed by atoms with van der Waals surface area (Å²) >= 11 is 5.93. The van der Waals surface area contributed by atoms with Gasteiger partial charge >= 0.3 is 12.1 Å². The lowest BCUT2D eigenvalue weighted by molar-refractivity contribution is -0.146. The third-order valence-electron chi connectivity index (χ3n) is 8.61. The van der Waals surface area contributed by atoms with Crippen LogP contribution in [0.4, 0.5) is 4.79 Å². The molecular formula is C30H42ClN3O7. The molecule has 3 fully saturated rings. The minimum atomic E-state index is -1.02. The van der Waals surface area contributed by atoms with Gasteiger partial charge in [0.05, 0.1) is 13.7 Å². The Bertz CT molecular complexity index is 1050. The number of ether oxygens (including phenoxy) is 3. The second kappa shape index (κ2) is 14.9. The smallest absolute Gasteiger partial charge is 0.407 e. The number of methoxy groups -OCH3 is 1. The normalized spacial score (nSPS) is 21.9. The van der Waals surface area contributed by atoms with Gasteiger partial charge in [0.25, 0.3) is 0 Å². The largest absolute Gasteiger partial charge is 0.467 e. The van der Waals surface area contributed by atoms with Crippen molar-refractivity contribution in [1.82, 2.24) is 16.0 Å². The third kappa shape index (κ3) is 9.07. The molecule has 1 aromatic rings. The van der Waals surface area contributed by atoms with Gasteiger partial charge in [0.15, 0.2) is 0 Å². The maximum absolute atomic E-state index is 13.5. The molecule has 2 heterocycles. The van der Waals surface area contributed by atoms with Crippen LogP contribution < -0.4 is 16.0 Å². The summed E-state index contributed by atoms with van der Waals surface area (Å²) in [5, 5.41) is 9.26. The Labute approximate surface area is 246 Å². The van der Waals surface area contributed by atoms with Crippen molar-refractivity contribution < 1.29 is 33.4 Å². The summed E-state index contributed by atoms with van der Waals surface area (Å²) in [6.07, 6.45) is 7.67. The molecule has 3 N–H and O–H groups in total. The first-order valence-corrected chi connectivity index (χ1v) is 15.1. The molecule has 0 radical (unpaired) electrons. The monoisotopic (exact) mass is 591 g/mol. The van der Waals surface area contributed by atoms with Crippen molar-refractivity contribution in [1.29, 1.82) is 0 Å². The highest BCUT2D eigenvalue weighted by Gasteiger charge is 2.46. The molecule has 3 amide bonds. The molecule has 2 saturated heterocycles. The number of carbonyl (C=O) groups excluding carboxylic acids is 4. The van der Waals surface area contributed by atoms with E-state index in [4.69, 9.17) is 25.8 Å². The Morgan fingerprint density at radius 3 is 2.44 bits per heavy atom. The van der Waals surface area contributed by atoms with E-state index < -0.39 is 36.0 Å². The highest BCUT2D eigenvalue weighted by Crippen LogP contribution is 2.36. The zero-order valence-electron chi connectivity index (χ0n) is 23.8. The molecule has 41 heavy (non-hydrogen) atoms. The van der Waals surface area contributed by atoms with Gasteiger partial charge in [-0.3, -0.25) is 9.59 Å². The van der Waals surface area contributed by atoms with Gasteiger partial charge in [0.2, 0.25) is 11.8 Å². The number of halogens is 1. The Kier molecular flexibility index (Phi) is 11.3. The summed E-state index contributed by atoms with van der Waals surface area (Å²) in [4.78, 5) is 51.8. The van der Waals surface area contributed by atoms with Crippen molar-refractivity contribution in [3.63, 3.8) is 0 Å². The highest BCUT2D eigenvalue weighted by molar-refractivity contribution is 6.30. The number of hydrogen-bond acceptors (Lipinski definition) is 7. The molecule has 11 heteroatoms. The van der Waals surface area contributed by atoms with Gasteiger partial charge in [-0.05, 0) is 55.7 Å². The number of benzene rings is 1. The number of amides is 3. The van der Waals surface area contributed by atoms with Gasteiger partial charge in [-0.15, -0.1) is 0 Å². The predicted octanol–water partition coefficient (Wildman–Crippen LogP) is 3.68. The Hall–Kier alpha value is -2.85. The lowest BCUT2D eigenvalue weighted by Gasteiger charge is -2.33. The molecule has 3 atom stereocenters. The average molecular weight is 592 g/mol. The van der Waals surface area contributed by atoms with Crippen molar-refractivity contribution in [2.45, 2.75) is 88.3 Å². The minimum absolute atomic E-state index is 0.120. The molecule has 0 aromatic heterocycles. The van der Waals surface area contributed by atoms with Crippen molar-refractivity contribution >= 4 is 35.5 Å². The zero-order chi connectivity index (χ0) is 29.2. The van der Waals surface area contributed by atoms with Crippen molar-refractivity contribution in [2.24, 2.45) is 11.8 Å². The predicted molar refractivity (Wildman–Crippen MR) is 152 cm³/mol. The summed E-state index contributed by atoms with van der Waals surface area (Å²) < 4.78 is 15.8. The van der Waals surface area contributed by atoms with Crippen LogP contribution >= 0.6 is 11.6 Å². The van der Waals surface area contributed by atoms with Gasteiger partial charge in [-0.25, -0.2) is 9.59 Å². The van der Waals surface area contributed by atoms with E-state index in [0.29, 0.717) is 37.5 Å². The van der Waals surface area contributed by atoms with Crippen LogP contribution in [0, 0.1) is 11.8 Å². The molecule has 1 saturated carbocycles. The van der Waals surface area contributed by atoms with E-state index in [0.717, 1.165) is 50.5 Å². The maximum atomic E-state index is 13.5. The SMILES string of the molecule is COC(=O)C(CC1CC2(CCOCC2)NC1=O)NC(=O)[C@H](CC1CCCCC1)NC(=O)OCCc1ccc(Cl)cc1. The summed E-state index contributed by atoms with van der Waals surface area (Å²) in [5.74, 6) is -1.41. The molecule has 2 unspecified atom stereocenters. The van der Waals surface area contributed by atoms with Crippen LogP contribution in [0.5, 0.6) is 0 Å². The van der Waals surface area contributed by atoms with Gasteiger partial charge < -0.3 is 30.2 Å². The lowest BCUT2D eigenvalue weighted by atomic mass is 9.83. The van der Waals surface area contributed by atoms with Crippen molar-refractivity contribution in [3.05, 3.63) is 34.9 Å². The average Bonchev–Trinajstić information content (AvgIpc) is 3.27. The standard InChI is InChI=1S/C30H42ClN3O7/c1-39-28(37)25(18-22-19-30(34-26(22)35)12-15-40-16-13-30)32-27(36)24(17-21-5-3-2-4-6-21)33-29(38)41-14-11-20-7-9-23(31)10-8-20/h7-10,21-22,24-25H,2-6,11-19H2,1H3,(H,32,36)(H,33,38)(H,34,35)/t22?,24-,25?/m0/s1. The quantitative estimate of drug-likeness (QED) is 0.334. The van der Waals surface area contributed by atoms with Crippen LogP contribution in [0.2, 0.25) is 5.02 Å². The fraction of sp³-hybridized carbons (Fsp3) is 0.667. The van der Waals surface area contributed by atoms with Gasteiger partial charge in [-0.1, -0.05) is 55.8 Å². The van der Waals surface area contributed by atoms with E-state index in [2.05, 4.69) is 16.0 Å². The van der Waals surface area contributed by atoms with Crippen molar-refractivity contribution in [2.75, 3.05) is 26.9 Å². The number of esters is 1. The van der Waals surface area contributed by atoms with E-state index in [1.54, 1.807) is 12.1 Å². The second-order valence-electron chi connectivity index (χ2n) is 11.6. The van der Waals surface area contributed by atoms with E-state index in [9.17, 15) is 19.2 Å². The molecular weight excluding hydrogens is 550 g/mol. The summed E-state index contributed by atoms with van der Waals surface area (Å²) in [6.45, 7) is 1.29. The minimum Gasteiger partial charge on any atom is -0.467 e. The van der Waals surface area contributed by atoms with Gasteiger partial charge in [-0.2, -0.15) is 0 Å². The number of hydrogen-bond donors (Lipinski definition) is 3. The van der Waals surface area contributed by atoms with Crippen LogP contribution in [-0.2, 0) is 35.0 Å². The number of nitrogens with one attached hydrogen (secondary N) is 3. The number of alkyl carbamates (subject to hydrolysis) is 1. The van der Waals surface area contributed by atoms with E-state index in [1.165, 1.54) is 7.11 Å². The summed E-state index contributed by atoms with van der Waals surface area (Å²) in [5.41, 5.74) is 0.643. The highest BCUT2D eigenvalue weighted by atomic mass is 35.5. The molecule has 1 spiro atoms. The molecule has 1 aliphatic carbocycles. The third-order valence-corrected chi connectivity index (χ3v) is 8.86. The molecule has 4 rings (SSSR count). The lowest BCUT2D eigenvalue weighted by Crippen LogP contribution is -2.53. The van der Waals surface area contributed by atoms with Crippen LogP contribution in [0.3, 0.4) is 0 Å². The summed E-state index contributed by atoms with van der Waals surface area (Å²) in [6, 6.07) is 5.38. The molecule has 0 bridgehead atoms. The van der Waals surface area contributed by atoms with Crippen molar-refractivity contribution in [3.8, 4) is 0 Å². The van der Waals surface area contributed by atoms with E-state index >= 15 is 0 Å². The molecule has 3 aliphatic rings. The Morgan fingerprint density at radius 1 is 1.05 bits per heavy atom.